The molecule has 0 saturated heterocycles. The highest BCUT2D eigenvalue weighted by Crippen LogP contribution is 2.26. The van der Waals surface area contributed by atoms with E-state index in [0.717, 1.165) is 6.42 Å². The lowest BCUT2D eigenvalue weighted by Crippen LogP contribution is -1.86. The van der Waals surface area contributed by atoms with Crippen molar-refractivity contribution in [3.63, 3.8) is 0 Å². The molecule has 108 valence electrons. The molecule has 0 heterocycles. The summed E-state index contributed by atoms with van der Waals surface area (Å²) in [4.78, 5) is 0. The van der Waals surface area contributed by atoms with Gasteiger partial charge in [-0.2, -0.15) is 0 Å². The minimum absolute atomic E-state index is 1.08. The van der Waals surface area contributed by atoms with Crippen LogP contribution in [0, 0.1) is 0 Å². The molecule has 0 atom stereocenters. The maximum absolute atomic E-state index is 4.25. The highest BCUT2D eigenvalue weighted by atomic mass is 14.1. The van der Waals surface area contributed by atoms with Gasteiger partial charge in [-0.3, -0.25) is 0 Å². The van der Waals surface area contributed by atoms with E-state index in [4.69, 9.17) is 0 Å². The van der Waals surface area contributed by atoms with Gasteiger partial charge >= 0.3 is 0 Å². The second-order valence-corrected chi connectivity index (χ2v) is 5.38. The van der Waals surface area contributed by atoms with Crippen LogP contribution < -0.4 is 0 Å². The van der Waals surface area contributed by atoms with Crippen LogP contribution in [0.3, 0.4) is 0 Å². The summed E-state index contributed by atoms with van der Waals surface area (Å²) in [6, 6.07) is 13.1. The average molecular weight is 276 g/mol. The van der Waals surface area contributed by atoms with Gasteiger partial charge in [0, 0.05) is 0 Å². The molecule has 21 heavy (non-hydrogen) atoms. The lowest BCUT2D eigenvalue weighted by molar-refractivity contribution is 0.825. The number of hydrogen-bond donors (Lipinski definition) is 0. The van der Waals surface area contributed by atoms with Gasteiger partial charge in [-0.15, -0.1) is 0 Å². The van der Waals surface area contributed by atoms with E-state index >= 15 is 0 Å². The molecular weight excluding hydrogens is 252 g/mol. The van der Waals surface area contributed by atoms with Crippen LogP contribution in [0.5, 0.6) is 0 Å². The standard InChI is InChI=1S/C21H24/c1-4-6-8-11-18-12-9-13-19-14-15-20(16-21(18)19)17(3)10-7-5-2/h4,6,8-9,11-16H,3,5,7,10H2,1-2H3/b6-4+,11-8-. The summed E-state index contributed by atoms with van der Waals surface area (Å²) < 4.78 is 0. The van der Waals surface area contributed by atoms with Gasteiger partial charge in [0.25, 0.3) is 0 Å². The molecule has 0 fully saturated rings. The van der Waals surface area contributed by atoms with E-state index in [0.29, 0.717) is 0 Å². The second-order valence-electron chi connectivity index (χ2n) is 5.38. The van der Waals surface area contributed by atoms with Crippen molar-refractivity contribution < 1.29 is 0 Å². The Morgan fingerprint density at radius 2 is 2.00 bits per heavy atom. The fraction of sp³-hybridized carbons (Fsp3) is 0.238. The predicted octanol–water partition coefficient (Wildman–Crippen LogP) is 6.63. The van der Waals surface area contributed by atoms with Gasteiger partial charge in [0.15, 0.2) is 0 Å². The smallest absolute Gasteiger partial charge is 0.0105 e. The lowest BCUT2D eigenvalue weighted by Gasteiger charge is -2.09. The first kappa shape index (κ1) is 15.3. The Hall–Kier alpha value is -2.08. The van der Waals surface area contributed by atoms with Gasteiger partial charge in [-0.05, 0) is 53.3 Å². The molecule has 2 aromatic rings. The molecule has 0 unspecified atom stereocenters. The van der Waals surface area contributed by atoms with Crippen molar-refractivity contribution in [3.05, 3.63) is 72.3 Å². The number of fused-ring (bicyclic) bond motifs is 1. The van der Waals surface area contributed by atoms with Crippen molar-refractivity contribution in [2.45, 2.75) is 33.1 Å². The summed E-state index contributed by atoms with van der Waals surface area (Å²) in [5.74, 6) is 0. The minimum atomic E-state index is 1.08. The molecule has 0 radical (unpaired) electrons. The molecule has 0 N–H and O–H groups in total. The number of unbranched alkanes of at least 4 members (excludes halogenated alkanes) is 1. The molecule has 0 aromatic heterocycles. The van der Waals surface area contributed by atoms with E-state index < -0.39 is 0 Å². The third-order valence-electron chi connectivity index (χ3n) is 3.74. The van der Waals surface area contributed by atoms with Gasteiger partial charge in [0.2, 0.25) is 0 Å². The van der Waals surface area contributed by atoms with Crippen LogP contribution in [-0.2, 0) is 0 Å². The summed E-state index contributed by atoms with van der Waals surface area (Å²) in [5, 5.41) is 2.58. The van der Waals surface area contributed by atoms with Crippen LogP contribution in [0.25, 0.3) is 22.4 Å². The minimum Gasteiger partial charge on any atom is -0.0952 e. The molecular formula is C21H24. The zero-order valence-electron chi connectivity index (χ0n) is 13.1. The fourth-order valence-corrected chi connectivity index (χ4v) is 2.47. The van der Waals surface area contributed by atoms with Crippen LogP contribution in [0.1, 0.15) is 44.2 Å². The molecule has 0 aliphatic heterocycles. The van der Waals surface area contributed by atoms with E-state index in [9.17, 15) is 0 Å². The monoisotopic (exact) mass is 276 g/mol. The zero-order valence-corrected chi connectivity index (χ0v) is 13.1. The first-order chi connectivity index (χ1) is 10.3. The van der Waals surface area contributed by atoms with Crippen molar-refractivity contribution in [2.24, 2.45) is 0 Å². The highest BCUT2D eigenvalue weighted by molar-refractivity contribution is 5.93. The third kappa shape index (κ3) is 3.95. The molecule has 0 aliphatic carbocycles. The Kier molecular flexibility index (Phi) is 5.57. The number of benzene rings is 2. The normalized spacial score (nSPS) is 11.7. The van der Waals surface area contributed by atoms with E-state index in [1.54, 1.807) is 0 Å². The Labute approximate surface area is 128 Å². The lowest BCUT2D eigenvalue weighted by atomic mass is 9.96. The summed E-state index contributed by atoms with van der Waals surface area (Å²) in [6.45, 7) is 8.50. The third-order valence-corrected chi connectivity index (χ3v) is 3.74. The van der Waals surface area contributed by atoms with Crippen molar-refractivity contribution in [1.29, 1.82) is 0 Å². The molecule has 0 amide bonds. The number of rotatable bonds is 6. The largest absolute Gasteiger partial charge is 0.0952 e. The van der Waals surface area contributed by atoms with Crippen LogP contribution in [-0.4, -0.2) is 0 Å². The molecule has 0 nitrogen and oxygen atoms in total. The Balaban J connectivity index is 2.40. The Morgan fingerprint density at radius 3 is 2.76 bits per heavy atom. The van der Waals surface area contributed by atoms with Crippen molar-refractivity contribution in [3.8, 4) is 0 Å². The Bertz CT molecular complexity index is 671. The summed E-state index contributed by atoms with van der Waals surface area (Å²) >= 11 is 0. The second kappa shape index (κ2) is 7.64. The number of hydrogen-bond acceptors (Lipinski definition) is 0. The van der Waals surface area contributed by atoms with Gasteiger partial charge < -0.3 is 0 Å². The molecule has 0 spiro atoms. The van der Waals surface area contributed by atoms with E-state index in [2.05, 4.69) is 68.1 Å². The van der Waals surface area contributed by atoms with Crippen molar-refractivity contribution in [2.75, 3.05) is 0 Å². The van der Waals surface area contributed by atoms with E-state index in [1.165, 1.54) is 40.3 Å². The predicted molar refractivity (Wildman–Crippen MR) is 96.4 cm³/mol. The average Bonchev–Trinajstić information content (AvgIpc) is 2.52. The molecule has 0 aliphatic rings. The van der Waals surface area contributed by atoms with Crippen LogP contribution in [0.15, 0.2) is 61.2 Å². The van der Waals surface area contributed by atoms with Gasteiger partial charge in [0.05, 0.1) is 0 Å². The summed E-state index contributed by atoms with van der Waals surface area (Å²) in [6.07, 6.45) is 11.9. The van der Waals surface area contributed by atoms with Crippen LogP contribution in [0.4, 0.5) is 0 Å². The zero-order chi connectivity index (χ0) is 15.1. The maximum Gasteiger partial charge on any atom is -0.0105 e. The van der Waals surface area contributed by atoms with Gasteiger partial charge in [-0.25, -0.2) is 0 Å². The first-order valence-electron chi connectivity index (χ1n) is 7.76. The molecule has 2 rings (SSSR count). The summed E-state index contributed by atoms with van der Waals surface area (Å²) in [7, 11) is 0. The quantitative estimate of drug-likeness (QED) is 0.519. The maximum atomic E-state index is 4.25. The topological polar surface area (TPSA) is 0 Å². The van der Waals surface area contributed by atoms with E-state index in [-0.39, 0.29) is 0 Å². The molecule has 0 bridgehead atoms. The Morgan fingerprint density at radius 1 is 1.14 bits per heavy atom. The summed E-state index contributed by atoms with van der Waals surface area (Å²) in [5.41, 5.74) is 3.77. The number of allylic oxidation sites excluding steroid dienone is 4. The first-order valence-corrected chi connectivity index (χ1v) is 7.76. The highest BCUT2D eigenvalue weighted by Gasteiger charge is 2.03. The van der Waals surface area contributed by atoms with Crippen molar-refractivity contribution >= 4 is 22.4 Å². The molecule has 2 aromatic carbocycles. The van der Waals surface area contributed by atoms with Crippen LogP contribution >= 0.6 is 0 Å². The van der Waals surface area contributed by atoms with Crippen molar-refractivity contribution in [1.82, 2.24) is 0 Å². The fourth-order valence-electron chi connectivity index (χ4n) is 2.47. The molecule has 0 saturated carbocycles. The van der Waals surface area contributed by atoms with Crippen LogP contribution in [0.2, 0.25) is 0 Å². The molecule has 0 heteroatoms. The van der Waals surface area contributed by atoms with Gasteiger partial charge in [-0.1, -0.05) is 74.6 Å². The SMILES string of the molecule is C=C(CCCC)c1ccc2cccc(/C=C\C=C\C)c2c1. The van der Waals surface area contributed by atoms with Gasteiger partial charge in [0.1, 0.15) is 0 Å². The van der Waals surface area contributed by atoms with E-state index in [1.807, 2.05) is 13.0 Å².